The second-order valence-electron chi connectivity index (χ2n) is 5.40. The molecule has 1 N–H and O–H groups in total. The number of methoxy groups -OCH3 is 1. The molecule has 1 atom stereocenters. The van der Waals surface area contributed by atoms with Gasteiger partial charge in [-0.3, -0.25) is 4.79 Å². The fourth-order valence-electron chi connectivity index (χ4n) is 2.46. The van der Waals surface area contributed by atoms with E-state index in [0.29, 0.717) is 5.82 Å². The number of hydrogen-bond donors (Lipinski definition) is 1. The van der Waals surface area contributed by atoms with Gasteiger partial charge < -0.3 is 10.1 Å². The SMILES string of the molecule is COc1ccc2cc([C@@H](C)C(=O)Nc3ccccn3)ccc2c1. The first-order chi connectivity index (χ1) is 11.2. The van der Waals surface area contributed by atoms with Crippen molar-refractivity contribution in [3.63, 3.8) is 0 Å². The van der Waals surface area contributed by atoms with Crippen LogP contribution in [0.4, 0.5) is 5.82 Å². The Morgan fingerprint density at radius 1 is 1.09 bits per heavy atom. The maximum atomic E-state index is 12.4. The fraction of sp³-hybridized carbons (Fsp3) is 0.158. The Morgan fingerprint density at radius 2 is 1.87 bits per heavy atom. The minimum Gasteiger partial charge on any atom is -0.497 e. The Bertz CT molecular complexity index is 831. The topological polar surface area (TPSA) is 51.2 Å². The lowest BCUT2D eigenvalue weighted by Gasteiger charge is -2.13. The highest BCUT2D eigenvalue weighted by molar-refractivity contribution is 5.95. The van der Waals surface area contributed by atoms with E-state index >= 15 is 0 Å². The lowest BCUT2D eigenvalue weighted by Crippen LogP contribution is -2.19. The highest BCUT2D eigenvalue weighted by Gasteiger charge is 2.16. The molecule has 0 saturated heterocycles. The molecule has 2 aromatic carbocycles. The Labute approximate surface area is 135 Å². The predicted molar refractivity (Wildman–Crippen MR) is 91.8 cm³/mol. The molecule has 4 heteroatoms. The smallest absolute Gasteiger partial charge is 0.232 e. The number of anilines is 1. The summed E-state index contributed by atoms with van der Waals surface area (Å²) in [5, 5.41) is 5.01. The van der Waals surface area contributed by atoms with Crippen LogP contribution in [0.2, 0.25) is 0 Å². The molecule has 116 valence electrons. The number of fused-ring (bicyclic) bond motifs is 1. The van der Waals surface area contributed by atoms with E-state index in [-0.39, 0.29) is 11.8 Å². The summed E-state index contributed by atoms with van der Waals surface area (Å²) < 4.78 is 5.23. The first kappa shape index (κ1) is 15.0. The average Bonchev–Trinajstić information content (AvgIpc) is 2.61. The molecule has 0 fully saturated rings. The van der Waals surface area contributed by atoms with Gasteiger partial charge in [-0.25, -0.2) is 4.98 Å². The maximum absolute atomic E-state index is 12.4. The summed E-state index contributed by atoms with van der Waals surface area (Å²) in [4.78, 5) is 16.5. The van der Waals surface area contributed by atoms with Gasteiger partial charge in [0.05, 0.1) is 13.0 Å². The van der Waals surface area contributed by atoms with Gasteiger partial charge in [0.15, 0.2) is 0 Å². The third kappa shape index (κ3) is 3.31. The minimum atomic E-state index is -0.261. The van der Waals surface area contributed by atoms with Crippen LogP contribution in [0.3, 0.4) is 0 Å². The second kappa shape index (κ2) is 6.48. The van der Waals surface area contributed by atoms with Gasteiger partial charge in [-0.15, -0.1) is 0 Å². The lowest BCUT2D eigenvalue weighted by atomic mass is 9.97. The highest BCUT2D eigenvalue weighted by atomic mass is 16.5. The molecule has 1 aromatic heterocycles. The number of benzene rings is 2. The van der Waals surface area contributed by atoms with E-state index in [1.165, 1.54) is 0 Å². The molecule has 0 unspecified atom stereocenters. The molecular formula is C19H18N2O2. The van der Waals surface area contributed by atoms with Gasteiger partial charge in [-0.05, 0) is 47.5 Å². The molecule has 23 heavy (non-hydrogen) atoms. The minimum absolute atomic E-state index is 0.0726. The zero-order chi connectivity index (χ0) is 16.2. The lowest BCUT2D eigenvalue weighted by molar-refractivity contribution is -0.117. The molecule has 0 aliphatic heterocycles. The van der Waals surface area contributed by atoms with Crippen LogP contribution >= 0.6 is 0 Å². The first-order valence-electron chi connectivity index (χ1n) is 7.47. The van der Waals surface area contributed by atoms with Crippen molar-refractivity contribution < 1.29 is 9.53 Å². The summed E-state index contributed by atoms with van der Waals surface area (Å²) in [7, 11) is 1.65. The van der Waals surface area contributed by atoms with Crippen molar-refractivity contribution in [2.24, 2.45) is 0 Å². The summed E-state index contributed by atoms with van der Waals surface area (Å²) in [6.07, 6.45) is 1.66. The largest absolute Gasteiger partial charge is 0.497 e. The summed E-state index contributed by atoms with van der Waals surface area (Å²) in [6.45, 7) is 1.89. The van der Waals surface area contributed by atoms with E-state index in [4.69, 9.17) is 4.74 Å². The number of rotatable bonds is 4. The molecule has 0 radical (unpaired) electrons. The van der Waals surface area contributed by atoms with Gasteiger partial charge in [0.2, 0.25) is 5.91 Å². The van der Waals surface area contributed by atoms with Crippen LogP contribution in [-0.4, -0.2) is 18.0 Å². The molecule has 0 aliphatic carbocycles. The standard InChI is InChI=1S/C19H18N2O2/c1-13(19(22)21-18-5-3-4-10-20-18)14-6-7-16-12-17(23-2)9-8-15(16)11-14/h3-13H,1-2H3,(H,20,21,22)/t13-/m1/s1. The normalized spacial score (nSPS) is 11.9. The second-order valence-corrected chi connectivity index (χ2v) is 5.40. The zero-order valence-corrected chi connectivity index (χ0v) is 13.1. The van der Waals surface area contributed by atoms with Crippen molar-refractivity contribution in [1.29, 1.82) is 0 Å². The Balaban J connectivity index is 1.82. The number of pyridine rings is 1. The van der Waals surface area contributed by atoms with Crippen molar-refractivity contribution >= 4 is 22.5 Å². The quantitative estimate of drug-likeness (QED) is 0.793. The Kier molecular flexibility index (Phi) is 4.24. The van der Waals surface area contributed by atoms with Crippen molar-refractivity contribution in [2.45, 2.75) is 12.8 Å². The summed E-state index contributed by atoms with van der Waals surface area (Å²) >= 11 is 0. The van der Waals surface area contributed by atoms with E-state index in [9.17, 15) is 4.79 Å². The molecule has 0 saturated carbocycles. The van der Waals surface area contributed by atoms with Gasteiger partial charge in [0, 0.05) is 6.20 Å². The molecule has 0 aliphatic rings. The number of carbonyl (C=O) groups is 1. The van der Waals surface area contributed by atoms with E-state index in [1.54, 1.807) is 19.4 Å². The monoisotopic (exact) mass is 306 g/mol. The molecular weight excluding hydrogens is 288 g/mol. The van der Waals surface area contributed by atoms with E-state index in [2.05, 4.69) is 10.3 Å². The van der Waals surface area contributed by atoms with Crippen LogP contribution < -0.4 is 10.1 Å². The number of amides is 1. The summed E-state index contributed by atoms with van der Waals surface area (Å²) in [6, 6.07) is 17.4. The predicted octanol–water partition coefficient (Wildman–Crippen LogP) is 3.99. The number of hydrogen-bond acceptors (Lipinski definition) is 3. The Morgan fingerprint density at radius 3 is 2.61 bits per heavy atom. The molecule has 1 heterocycles. The van der Waals surface area contributed by atoms with Crippen molar-refractivity contribution in [3.05, 3.63) is 66.4 Å². The third-order valence-electron chi connectivity index (χ3n) is 3.88. The number of nitrogens with zero attached hydrogens (tertiary/aromatic N) is 1. The Hall–Kier alpha value is -2.88. The van der Waals surface area contributed by atoms with Crippen LogP contribution in [0, 0.1) is 0 Å². The van der Waals surface area contributed by atoms with E-state index in [1.807, 2.05) is 55.5 Å². The van der Waals surface area contributed by atoms with E-state index < -0.39 is 0 Å². The number of aromatic nitrogens is 1. The zero-order valence-electron chi connectivity index (χ0n) is 13.1. The molecule has 0 spiro atoms. The molecule has 0 bridgehead atoms. The third-order valence-corrected chi connectivity index (χ3v) is 3.88. The first-order valence-corrected chi connectivity index (χ1v) is 7.47. The van der Waals surface area contributed by atoms with Gasteiger partial charge in [-0.1, -0.05) is 30.3 Å². The van der Waals surface area contributed by atoms with Crippen LogP contribution in [0.25, 0.3) is 10.8 Å². The number of ether oxygens (including phenoxy) is 1. The van der Waals surface area contributed by atoms with Gasteiger partial charge in [0.25, 0.3) is 0 Å². The molecule has 3 aromatic rings. The van der Waals surface area contributed by atoms with Crippen LogP contribution in [0.15, 0.2) is 60.8 Å². The van der Waals surface area contributed by atoms with Crippen molar-refractivity contribution in [1.82, 2.24) is 4.98 Å². The molecule has 3 rings (SSSR count). The van der Waals surface area contributed by atoms with Crippen molar-refractivity contribution in [3.8, 4) is 5.75 Å². The van der Waals surface area contributed by atoms with Gasteiger partial charge >= 0.3 is 0 Å². The van der Waals surface area contributed by atoms with E-state index in [0.717, 1.165) is 22.1 Å². The maximum Gasteiger partial charge on any atom is 0.232 e. The van der Waals surface area contributed by atoms with Gasteiger partial charge in [0.1, 0.15) is 11.6 Å². The van der Waals surface area contributed by atoms with Crippen LogP contribution in [0.5, 0.6) is 5.75 Å². The average molecular weight is 306 g/mol. The van der Waals surface area contributed by atoms with Gasteiger partial charge in [-0.2, -0.15) is 0 Å². The summed E-state index contributed by atoms with van der Waals surface area (Å²) in [5.74, 6) is 1.06. The number of carbonyl (C=O) groups excluding carboxylic acids is 1. The van der Waals surface area contributed by atoms with Crippen LogP contribution in [-0.2, 0) is 4.79 Å². The molecule has 1 amide bonds. The van der Waals surface area contributed by atoms with Crippen LogP contribution in [0.1, 0.15) is 18.4 Å². The molecule has 4 nitrogen and oxygen atoms in total. The highest BCUT2D eigenvalue weighted by Crippen LogP contribution is 2.25. The fourth-order valence-corrected chi connectivity index (χ4v) is 2.46. The number of nitrogens with one attached hydrogen (secondary N) is 1. The van der Waals surface area contributed by atoms with Crippen molar-refractivity contribution in [2.75, 3.05) is 12.4 Å². The summed E-state index contributed by atoms with van der Waals surface area (Å²) in [5.41, 5.74) is 0.969.